The number of benzene rings is 1. The molecule has 0 radical (unpaired) electrons. The van der Waals surface area contributed by atoms with Crippen molar-refractivity contribution in [3.05, 3.63) is 29.8 Å². The van der Waals surface area contributed by atoms with E-state index in [1.54, 1.807) is 12.1 Å². The average Bonchev–Trinajstić information content (AvgIpc) is 2.60. The van der Waals surface area contributed by atoms with Gasteiger partial charge in [-0.15, -0.1) is 0 Å². The molecule has 0 saturated heterocycles. The summed E-state index contributed by atoms with van der Waals surface area (Å²) in [7, 11) is -3.75. The summed E-state index contributed by atoms with van der Waals surface area (Å²) in [4.78, 5) is 23.9. The Labute approximate surface area is 155 Å². The Balaban J connectivity index is 1.74. The van der Waals surface area contributed by atoms with E-state index in [0.717, 1.165) is 24.8 Å². The summed E-state index contributed by atoms with van der Waals surface area (Å²) in [6, 6.07) is 6.48. The zero-order valence-corrected chi connectivity index (χ0v) is 16.1. The van der Waals surface area contributed by atoms with Gasteiger partial charge in [-0.25, -0.2) is 13.1 Å². The smallest absolute Gasteiger partial charge is 0.241 e. The first-order chi connectivity index (χ1) is 12.3. The molecule has 1 aliphatic rings. The fourth-order valence-corrected chi connectivity index (χ4v) is 3.97. The van der Waals surface area contributed by atoms with E-state index < -0.39 is 22.5 Å². The molecule has 144 valence electrons. The van der Waals surface area contributed by atoms with Crippen LogP contribution >= 0.6 is 0 Å². The van der Waals surface area contributed by atoms with Crippen LogP contribution < -0.4 is 15.4 Å². The largest absolute Gasteiger partial charge is 0.352 e. The fraction of sp³-hybridized carbons (Fsp3) is 0.556. The molecule has 26 heavy (non-hydrogen) atoms. The lowest BCUT2D eigenvalue weighted by atomic mass is 9.86. The van der Waals surface area contributed by atoms with E-state index in [-0.39, 0.29) is 23.4 Å². The van der Waals surface area contributed by atoms with Crippen molar-refractivity contribution in [2.75, 3.05) is 13.1 Å². The fourth-order valence-electron chi connectivity index (χ4n) is 2.99. The van der Waals surface area contributed by atoms with E-state index in [9.17, 15) is 18.0 Å². The van der Waals surface area contributed by atoms with Gasteiger partial charge < -0.3 is 10.6 Å². The van der Waals surface area contributed by atoms with Gasteiger partial charge in [0.05, 0.1) is 18.0 Å². The number of hydrogen-bond acceptors (Lipinski definition) is 4. The van der Waals surface area contributed by atoms with E-state index in [1.807, 2.05) is 6.92 Å². The topological polar surface area (TPSA) is 104 Å². The first-order valence-corrected chi connectivity index (χ1v) is 10.4. The second-order valence-electron chi connectivity index (χ2n) is 6.85. The number of hydrogen-bond donors (Lipinski definition) is 3. The molecule has 0 aromatic heterocycles. The second-order valence-corrected chi connectivity index (χ2v) is 8.62. The minimum absolute atomic E-state index is 0.0972. The van der Waals surface area contributed by atoms with Crippen LogP contribution in [0.1, 0.15) is 38.2 Å². The molecule has 2 atom stereocenters. The minimum Gasteiger partial charge on any atom is -0.352 e. The quantitative estimate of drug-likeness (QED) is 0.657. The zero-order chi connectivity index (χ0) is 19.2. The minimum atomic E-state index is -3.75. The lowest BCUT2D eigenvalue weighted by Gasteiger charge is -2.29. The summed E-state index contributed by atoms with van der Waals surface area (Å²) >= 11 is 0. The van der Waals surface area contributed by atoms with Gasteiger partial charge in [0.1, 0.15) is 0 Å². The van der Waals surface area contributed by atoms with Crippen molar-refractivity contribution >= 4 is 21.8 Å². The Kier molecular flexibility index (Phi) is 7.16. The van der Waals surface area contributed by atoms with Gasteiger partial charge in [-0.1, -0.05) is 37.5 Å². The third-order valence-electron chi connectivity index (χ3n) is 4.66. The van der Waals surface area contributed by atoms with Crippen molar-refractivity contribution in [1.82, 2.24) is 15.4 Å². The van der Waals surface area contributed by atoms with Crippen molar-refractivity contribution in [3.8, 4) is 0 Å². The Morgan fingerprint density at radius 3 is 2.35 bits per heavy atom. The molecule has 1 fully saturated rings. The van der Waals surface area contributed by atoms with Crippen LogP contribution in [0, 0.1) is 12.8 Å². The van der Waals surface area contributed by atoms with E-state index in [2.05, 4.69) is 22.3 Å². The summed E-state index contributed by atoms with van der Waals surface area (Å²) in [6.45, 7) is 3.40. The Morgan fingerprint density at radius 2 is 1.69 bits per heavy atom. The van der Waals surface area contributed by atoms with E-state index >= 15 is 0 Å². The van der Waals surface area contributed by atoms with Crippen molar-refractivity contribution < 1.29 is 18.0 Å². The number of amides is 2. The number of carbonyl (C=O) groups is 2. The van der Waals surface area contributed by atoms with Crippen LogP contribution in [0.2, 0.25) is 0 Å². The van der Waals surface area contributed by atoms with Crippen LogP contribution in [-0.2, 0) is 19.6 Å². The van der Waals surface area contributed by atoms with Gasteiger partial charge in [0, 0.05) is 6.04 Å². The highest BCUT2D eigenvalue weighted by Gasteiger charge is 2.23. The van der Waals surface area contributed by atoms with Gasteiger partial charge in [-0.3, -0.25) is 9.59 Å². The van der Waals surface area contributed by atoms with Crippen LogP contribution in [-0.4, -0.2) is 39.4 Å². The molecule has 1 aromatic carbocycles. The summed E-state index contributed by atoms with van der Waals surface area (Å²) in [5, 5.41) is 5.38. The molecule has 1 saturated carbocycles. The maximum absolute atomic E-state index is 12.1. The van der Waals surface area contributed by atoms with E-state index in [4.69, 9.17) is 0 Å². The molecule has 0 bridgehead atoms. The van der Waals surface area contributed by atoms with Gasteiger partial charge in [-0.05, 0) is 37.8 Å². The number of carbonyl (C=O) groups excluding carboxylic acids is 2. The SMILES string of the molecule is Cc1ccc(S(=O)(=O)NCC(=O)NCC(=O)N[C@@H]2CCCC[C@@H]2C)cc1. The molecule has 0 spiro atoms. The van der Waals surface area contributed by atoms with Gasteiger partial charge in [0.15, 0.2) is 0 Å². The molecule has 8 heteroatoms. The number of nitrogens with one attached hydrogen (secondary N) is 3. The van der Waals surface area contributed by atoms with Crippen LogP contribution in [0.3, 0.4) is 0 Å². The van der Waals surface area contributed by atoms with Crippen LogP contribution in [0.25, 0.3) is 0 Å². The first kappa shape index (κ1) is 20.4. The van der Waals surface area contributed by atoms with E-state index in [0.29, 0.717) is 5.92 Å². The lowest BCUT2D eigenvalue weighted by molar-refractivity contribution is -0.126. The van der Waals surface area contributed by atoms with Crippen LogP contribution in [0.5, 0.6) is 0 Å². The normalized spacial score (nSPS) is 20.4. The summed E-state index contributed by atoms with van der Waals surface area (Å²) < 4.78 is 26.5. The first-order valence-electron chi connectivity index (χ1n) is 8.90. The van der Waals surface area contributed by atoms with Crippen molar-refractivity contribution in [2.24, 2.45) is 5.92 Å². The third kappa shape index (κ3) is 6.10. The molecule has 2 amide bonds. The summed E-state index contributed by atoms with van der Waals surface area (Å²) in [6.07, 6.45) is 4.34. The van der Waals surface area contributed by atoms with Gasteiger partial charge >= 0.3 is 0 Å². The molecule has 1 aromatic rings. The number of rotatable bonds is 7. The van der Waals surface area contributed by atoms with E-state index in [1.165, 1.54) is 18.6 Å². The molecule has 0 unspecified atom stereocenters. The Hall–Kier alpha value is -1.93. The zero-order valence-electron chi connectivity index (χ0n) is 15.2. The summed E-state index contributed by atoms with van der Waals surface area (Å²) in [5.41, 5.74) is 0.944. The molecular weight excluding hydrogens is 354 g/mol. The molecule has 1 aliphatic carbocycles. The Bertz CT molecular complexity index is 731. The standard InChI is InChI=1S/C18H27N3O4S/c1-13-7-9-15(10-8-13)26(24,25)20-12-17(22)19-11-18(23)21-16-6-4-3-5-14(16)2/h7-10,14,16,20H,3-6,11-12H2,1-2H3,(H,19,22)(H,21,23)/t14-,16+/m0/s1. The van der Waals surface area contributed by atoms with Gasteiger partial charge in [0.2, 0.25) is 21.8 Å². The predicted octanol–water partition coefficient (Wildman–Crippen LogP) is 1.08. The van der Waals surface area contributed by atoms with Crippen LogP contribution in [0.4, 0.5) is 0 Å². The molecular formula is C18H27N3O4S. The molecule has 0 heterocycles. The van der Waals surface area contributed by atoms with Crippen molar-refractivity contribution in [3.63, 3.8) is 0 Å². The average molecular weight is 381 g/mol. The van der Waals surface area contributed by atoms with Crippen molar-refractivity contribution in [1.29, 1.82) is 0 Å². The highest BCUT2D eigenvalue weighted by Crippen LogP contribution is 2.23. The molecule has 7 nitrogen and oxygen atoms in total. The molecule has 2 rings (SSSR count). The van der Waals surface area contributed by atoms with Crippen LogP contribution in [0.15, 0.2) is 29.2 Å². The van der Waals surface area contributed by atoms with Gasteiger partial charge in [0.25, 0.3) is 0 Å². The second kappa shape index (κ2) is 9.14. The maximum atomic E-state index is 12.1. The number of sulfonamides is 1. The predicted molar refractivity (Wildman–Crippen MR) is 98.9 cm³/mol. The van der Waals surface area contributed by atoms with Gasteiger partial charge in [-0.2, -0.15) is 0 Å². The maximum Gasteiger partial charge on any atom is 0.241 e. The molecule has 0 aliphatic heterocycles. The Morgan fingerprint density at radius 1 is 1.04 bits per heavy atom. The summed E-state index contributed by atoms with van der Waals surface area (Å²) in [5.74, 6) is -0.365. The monoisotopic (exact) mass is 381 g/mol. The highest BCUT2D eigenvalue weighted by molar-refractivity contribution is 7.89. The number of aryl methyl sites for hydroxylation is 1. The third-order valence-corrected chi connectivity index (χ3v) is 6.08. The lowest BCUT2D eigenvalue weighted by Crippen LogP contribution is -2.47. The molecule has 3 N–H and O–H groups in total. The van der Waals surface area contributed by atoms with Crippen molar-refractivity contribution in [2.45, 2.75) is 50.5 Å². The highest BCUT2D eigenvalue weighted by atomic mass is 32.2.